The highest BCUT2D eigenvalue weighted by Gasteiger charge is 2.31. The van der Waals surface area contributed by atoms with Crippen molar-refractivity contribution in [3.05, 3.63) is 11.3 Å². The predicted octanol–water partition coefficient (Wildman–Crippen LogP) is 2.92. The van der Waals surface area contributed by atoms with Crippen molar-refractivity contribution in [1.29, 1.82) is 5.26 Å². The van der Waals surface area contributed by atoms with Gasteiger partial charge < -0.3 is 14.5 Å². The van der Waals surface area contributed by atoms with Crippen molar-refractivity contribution in [2.75, 3.05) is 44.4 Å². The number of ether oxygens (including phenoxy) is 1. The van der Waals surface area contributed by atoms with E-state index in [9.17, 15) is 10.1 Å². The number of fused-ring (bicyclic) bond motifs is 1. The van der Waals surface area contributed by atoms with Crippen LogP contribution in [0.4, 0.5) is 10.6 Å². The summed E-state index contributed by atoms with van der Waals surface area (Å²) < 4.78 is 5.60. The summed E-state index contributed by atoms with van der Waals surface area (Å²) in [6.45, 7) is 9.25. The molecule has 3 heterocycles. The molecule has 0 unspecified atom stereocenters. The monoisotopic (exact) mass is 432 g/mol. The smallest absolute Gasteiger partial charge is 0.410 e. The van der Waals surface area contributed by atoms with Crippen LogP contribution in [0.1, 0.15) is 44.9 Å². The van der Waals surface area contributed by atoms with E-state index in [0.717, 1.165) is 49.6 Å². The normalized spacial score (nSPS) is 20.3. The van der Waals surface area contributed by atoms with Crippen molar-refractivity contribution in [1.82, 2.24) is 19.8 Å². The highest BCUT2D eigenvalue weighted by atomic mass is 32.2. The molecule has 3 rings (SSSR count). The van der Waals surface area contributed by atoms with Crippen LogP contribution in [0.5, 0.6) is 0 Å². The van der Waals surface area contributed by atoms with E-state index >= 15 is 0 Å². The summed E-state index contributed by atoms with van der Waals surface area (Å²) in [7, 11) is 2.08. The molecule has 0 N–H and O–H groups in total. The van der Waals surface area contributed by atoms with Crippen LogP contribution >= 0.6 is 11.8 Å². The molecule has 2 aliphatic heterocycles. The van der Waals surface area contributed by atoms with Crippen LogP contribution in [-0.2, 0) is 17.7 Å². The number of anilines is 1. The molecule has 2 aliphatic rings. The fourth-order valence-corrected chi connectivity index (χ4v) is 4.27. The first-order chi connectivity index (χ1) is 14.2. The molecule has 1 atom stereocenters. The Bertz CT molecular complexity index is 819. The molecule has 8 nitrogen and oxygen atoms in total. The van der Waals surface area contributed by atoms with Crippen molar-refractivity contribution in [3.63, 3.8) is 0 Å². The second-order valence-corrected chi connectivity index (χ2v) is 9.68. The molecule has 0 bridgehead atoms. The van der Waals surface area contributed by atoms with Gasteiger partial charge in [0.1, 0.15) is 11.4 Å². The third kappa shape index (κ3) is 5.35. The number of carbonyl (C=O) groups is 1. The summed E-state index contributed by atoms with van der Waals surface area (Å²) >= 11 is 1.51. The molecule has 1 amide bonds. The van der Waals surface area contributed by atoms with Crippen LogP contribution in [-0.4, -0.2) is 77.0 Å². The SMILES string of the molecule is CSc1nc2c(c(N3CCN(C)[C@@H](CC#N)C3)n1)CCCN(C(=O)OC(C)(C)C)C2. The number of hydrogen-bond donors (Lipinski definition) is 0. The maximum atomic E-state index is 12.7. The second-order valence-electron chi connectivity index (χ2n) is 8.91. The number of hydrogen-bond acceptors (Lipinski definition) is 8. The van der Waals surface area contributed by atoms with Gasteiger partial charge in [0.25, 0.3) is 0 Å². The van der Waals surface area contributed by atoms with Crippen molar-refractivity contribution in [2.24, 2.45) is 0 Å². The maximum Gasteiger partial charge on any atom is 0.410 e. The van der Waals surface area contributed by atoms with Crippen molar-refractivity contribution < 1.29 is 9.53 Å². The zero-order valence-corrected chi connectivity index (χ0v) is 19.5. The van der Waals surface area contributed by atoms with Gasteiger partial charge >= 0.3 is 6.09 Å². The van der Waals surface area contributed by atoms with Crippen LogP contribution < -0.4 is 4.90 Å². The van der Waals surface area contributed by atoms with Gasteiger partial charge in [0.15, 0.2) is 5.16 Å². The summed E-state index contributed by atoms with van der Waals surface area (Å²) in [5.41, 5.74) is 1.51. The summed E-state index contributed by atoms with van der Waals surface area (Å²) in [6.07, 6.45) is 3.85. The van der Waals surface area contributed by atoms with E-state index in [0.29, 0.717) is 24.7 Å². The van der Waals surface area contributed by atoms with E-state index in [1.54, 1.807) is 4.90 Å². The molecule has 1 fully saturated rings. The van der Waals surface area contributed by atoms with Gasteiger partial charge in [-0.3, -0.25) is 4.90 Å². The minimum Gasteiger partial charge on any atom is -0.444 e. The number of nitrogens with zero attached hydrogens (tertiary/aromatic N) is 6. The third-order valence-corrected chi connectivity index (χ3v) is 6.03. The Kier molecular flexibility index (Phi) is 7.09. The zero-order chi connectivity index (χ0) is 21.9. The molecule has 0 saturated carbocycles. The van der Waals surface area contributed by atoms with Crippen LogP contribution in [0.25, 0.3) is 0 Å². The number of piperazine rings is 1. The minimum absolute atomic E-state index is 0.191. The quantitative estimate of drug-likeness (QED) is 0.532. The molecule has 1 aromatic rings. The van der Waals surface area contributed by atoms with Crippen LogP contribution in [0.3, 0.4) is 0 Å². The lowest BCUT2D eigenvalue weighted by molar-refractivity contribution is 0.0234. The molecular formula is C21H32N6O2S. The van der Waals surface area contributed by atoms with E-state index in [2.05, 4.69) is 22.9 Å². The number of rotatable bonds is 3. The van der Waals surface area contributed by atoms with E-state index in [1.165, 1.54) is 11.8 Å². The zero-order valence-electron chi connectivity index (χ0n) is 18.6. The van der Waals surface area contributed by atoms with Gasteiger partial charge in [0, 0.05) is 37.8 Å². The lowest BCUT2D eigenvalue weighted by Gasteiger charge is -2.40. The van der Waals surface area contributed by atoms with Crippen LogP contribution in [0, 0.1) is 11.3 Å². The third-order valence-electron chi connectivity index (χ3n) is 5.48. The molecule has 0 aromatic carbocycles. The highest BCUT2D eigenvalue weighted by molar-refractivity contribution is 7.98. The average Bonchev–Trinajstić information content (AvgIpc) is 2.90. The van der Waals surface area contributed by atoms with Gasteiger partial charge in [-0.2, -0.15) is 5.26 Å². The van der Waals surface area contributed by atoms with Gasteiger partial charge in [-0.15, -0.1) is 0 Å². The lowest BCUT2D eigenvalue weighted by Crippen LogP contribution is -2.52. The minimum atomic E-state index is -0.525. The molecule has 9 heteroatoms. The predicted molar refractivity (Wildman–Crippen MR) is 118 cm³/mol. The van der Waals surface area contributed by atoms with Crippen molar-refractivity contribution in [3.8, 4) is 6.07 Å². The van der Waals surface area contributed by atoms with Gasteiger partial charge in [-0.1, -0.05) is 11.8 Å². The first kappa shape index (κ1) is 22.6. The standard InChI is InChI=1S/C21H32N6O2S/c1-21(2,3)29-20(28)27-10-6-7-16-17(14-27)23-19(30-5)24-18(16)26-12-11-25(4)15(13-26)8-9-22/h15H,6-8,10-14H2,1-5H3/t15-/m0/s1. The largest absolute Gasteiger partial charge is 0.444 e. The van der Waals surface area contributed by atoms with Crippen LogP contribution in [0.2, 0.25) is 0 Å². The summed E-state index contributed by atoms with van der Waals surface area (Å²) in [6, 6.07) is 2.50. The Labute approximate surface area is 183 Å². The van der Waals surface area contributed by atoms with Crippen molar-refractivity contribution in [2.45, 2.75) is 63.4 Å². The molecule has 30 heavy (non-hydrogen) atoms. The average molecular weight is 433 g/mol. The number of thioether (sulfide) groups is 1. The summed E-state index contributed by atoms with van der Waals surface area (Å²) in [5, 5.41) is 9.91. The van der Waals surface area contributed by atoms with E-state index in [4.69, 9.17) is 14.7 Å². The fourth-order valence-electron chi connectivity index (χ4n) is 3.89. The lowest BCUT2D eigenvalue weighted by atomic mass is 10.1. The Morgan fingerprint density at radius 1 is 1.30 bits per heavy atom. The van der Waals surface area contributed by atoms with Gasteiger partial charge in [-0.25, -0.2) is 14.8 Å². The Hall–Kier alpha value is -2.05. The Morgan fingerprint density at radius 2 is 2.07 bits per heavy atom. The first-order valence-electron chi connectivity index (χ1n) is 10.5. The van der Waals surface area contributed by atoms with Gasteiger partial charge in [0.05, 0.1) is 24.7 Å². The second kappa shape index (κ2) is 9.40. The van der Waals surface area contributed by atoms with E-state index in [1.807, 2.05) is 27.0 Å². The summed E-state index contributed by atoms with van der Waals surface area (Å²) in [5.74, 6) is 0.964. The number of nitriles is 1. The topological polar surface area (TPSA) is 85.6 Å². The molecule has 0 spiro atoms. The molecule has 0 aliphatic carbocycles. The number of carbonyl (C=O) groups excluding carboxylic acids is 1. The fraction of sp³-hybridized carbons (Fsp3) is 0.714. The molecule has 1 aromatic heterocycles. The van der Waals surface area contributed by atoms with Gasteiger partial charge in [0.2, 0.25) is 0 Å². The van der Waals surface area contributed by atoms with Crippen LogP contribution in [0.15, 0.2) is 5.16 Å². The van der Waals surface area contributed by atoms with E-state index in [-0.39, 0.29) is 12.1 Å². The molecule has 164 valence electrons. The summed E-state index contributed by atoms with van der Waals surface area (Å²) in [4.78, 5) is 28.6. The number of likely N-dealkylation sites (N-methyl/N-ethyl adjacent to an activating group) is 1. The Morgan fingerprint density at radius 3 is 2.73 bits per heavy atom. The molecule has 0 radical (unpaired) electrons. The van der Waals surface area contributed by atoms with E-state index < -0.39 is 5.60 Å². The van der Waals surface area contributed by atoms with Gasteiger partial charge in [-0.05, 0) is 46.9 Å². The van der Waals surface area contributed by atoms with Crippen molar-refractivity contribution >= 4 is 23.7 Å². The number of amides is 1. The molecule has 1 saturated heterocycles. The Balaban J connectivity index is 1.90. The number of aromatic nitrogens is 2. The maximum absolute atomic E-state index is 12.7. The highest BCUT2D eigenvalue weighted by Crippen LogP contribution is 2.30. The first-order valence-corrected chi connectivity index (χ1v) is 11.7. The molecular weight excluding hydrogens is 400 g/mol.